The van der Waals surface area contributed by atoms with E-state index < -0.39 is 23.0 Å². The van der Waals surface area contributed by atoms with Crippen LogP contribution in [0.25, 0.3) is 0 Å². The average Bonchev–Trinajstić information content (AvgIpc) is 2.53. The number of hydrogen-bond acceptors (Lipinski definition) is 8. The lowest BCUT2D eigenvalue weighted by molar-refractivity contribution is -0.777. The van der Waals surface area contributed by atoms with Gasteiger partial charge in [0, 0.05) is 18.5 Å². The Bertz CT molecular complexity index is 307. The van der Waals surface area contributed by atoms with Gasteiger partial charge in [0.1, 0.15) is 5.25 Å². The molecule has 1 aliphatic rings. The Balaban J connectivity index is 2.57. The summed E-state index contributed by atoms with van der Waals surface area (Å²) >= 11 is 0.396. The van der Waals surface area contributed by atoms with Gasteiger partial charge in [0.25, 0.3) is 11.8 Å². The fraction of sp³-hybridized carbons (Fsp3) is 0.571. The van der Waals surface area contributed by atoms with Gasteiger partial charge in [-0.15, -0.1) is 5.06 Å². The normalized spacial score (nSPS) is 20.4. The van der Waals surface area contributed by atoms with Crippen LogP contribution in [0.1, 0.15) is 19.8 Å². The summed E-state index contributed by atoms with van der Waals surface area (Å²) in [5.41, 5.74) is 0. The molecule has 0 aromatic rings. The third kappa shape index (κ3) is 2.92. The van der Waals surface area contributed by atoms with Crippen LogP contribution in [0.4, 0.5) is 0 Å². The summed E-state index contributed by atoms with van der Waals surface area (Å²) in [6.07, 6.45) is -0.182. The van der Waals surface area contributed by atoms with Crippen molar-refractivity contribution in [2.45, 2.75) is 25.0 Å². The molecule has 0 saturated carbocycles. The molecule has 1 saturated heterocycles. The summed E-state index contributed by atoms with van der Waals surface area (Å²) in [6.45, 7) is 1.52. The largest absolute Gasteiger partial charge is 0.691 e. The minimum absolute atomic E-state index is 0.0367. The number of carbonyl (C=O) groups excluding carboxylic acids is 3. The van der Waals surface area contributed by atoms with E-state index in [0.717, 1.165) is 0 Å². The zero-order chi connectivity index (χ0) is 12.1. The molecule has 0 aromatic heterocycles. The van der Waals surface area contributed by atoms with Crippen LogP contribution in [0.5, 0.6) is 0 Å². The number of amides is 2. The van der Waals surface area contributed by atoms with Gasteiger partial charge in [0.2, 0.25) is 0 Å². The van der Waals surface area contributed by atoms with E-state index in [9.17, 15) is 19.6 Å². The van der Waals surface area contributed by atoms with Gasteiger partial charge in [-0.05, 0) is 0 Å². The molecule has 0 spiro atoms. The lowest BCUT2D eigenvalue weighted by Gasteiger charge is -2.12. The van der Waals surface area contributed by atoms with Crippen molar-refractivity contribution >= 4 is 29.8 Å². The lowest BCUT2D eigenvalue weighted by Crippen LogP contribution is -2.33. The predicted molar refractivity (Wildman–Crippen MR) is 46.4 cm³/mol. The third-order valence-corrected chi connectivity index (χ3v) is 2.46. The highest BCUT2D eigenvalue weighted by molar-refractivity contribution is 7.96. The molecule has 0 N–H and O–H groups in total. The van der Waals surface area contributed by atoms with Crippen molar-refractivity contribution in [1.29, 1.82) is 0 Å². The molecule has 1 aliphatic heterocycles. The first-order chi connectivity index (χ1) is 7.60. The Morgan fingerprint density at radius 1 is 1.62 bits per heavy atom. The van der Waals surface area contributed by atoms with E-state index >= 15 is 0 Å². The first kappa shape index (κ1) is 12.9. The predicted octanol–water partition coefficient (Wildman–Crippen LogP) is -1.15. The van der Waals surface area contributed by atoms with Gasteiger partial charge in [-0.25, -0.2) is 4.79 Å². The second kappa shape index (κ2) is 5.80. The number of carbonyl (C=O) groups is 3. The molecular formula is C7H8NO7S-. The van der Waals surface area contributed by atoms with Crippen LogP contribution >= 0.6 is 12.0 Å². The minimum Gasteiger partial charge on any atom is -0.691 e. The standard InChI is InChI=1S/C7H9NO7S/c1-2-6(10)13-8-5(9)3-4(7(8)11)16-15-14-12/h4,12H,2-3H2,1H3/p-1. The second-order valence-electron chi connectivity index (χ2n) is 2.77. The van der Waals surface area contributed by atoms with Gasteiger partial charge >= 0.3 is 5.97 Å². The quantitative estimate of drug-likeness (QED) is 0.261. The average molecular weight is 250 g/mol. The zero-order valence-corrected chi connectivity index (χ0v) is 9.02. The van der Waals surface area contributed by atoms with E-state index in [1.54, 1.807) is 0 Å². The Morgan fingerprint density at radius 2 is 2.31 bits per heavy atom. The highest BCUT2D eigenvalue weighted by Gasteiger charge is 2.42. The van der Waals surface area contributed by atoms with E-state index in [4.69, 9.17) is 0 Å². The van der Waals surface area contributed by atoms with Gasteiger partial charge in [-0.2, -0.15) is 4.33 Å². The molecular weight excluding hydrogens is 242 g/mol. The molecule has 1 rings (SSSR count). The van der Waals surface area contributed by atoms with Gasteiger partial charge < -0.3 is 10.1 Å². The van der Waals surface area contributed by atoms with Crippen LogP contribution in [0.2, 0.25) is 0 Å². The number of nitrogens with zero attached hydrogens (tertiary/aromatic N) is 1. The van der Waals surface area contributed by atoms with Crippen LogP contribution < -0.4 is 5.26 Å². The van der Waals surface area contributed by atoms with Crippen molar-refractivity contribution in [3.8, 4) is 0 Å². The lowest BCUT2D eigenvalue weighted by atomic mass is 10.4. The second-order valence-corrected chi connectivity index (χ2v) is 3.67. The van der Waals surface area contributed by atoms with Crippen LogP contribution in [-0.4, -0.2) is 28.1 Å². The fourth-order valence-corrected chi connectivity index (χ4v) is 1.50. The molecule has 0 aromatic carbocycles. The molecule has 1 atom stereocenters. The van der Waals surface area contributed by atoms with Crippen molar-refractivity contribution in [2.24, 2.45) is 0 Å². The van der Waals surface area contributed by atoms with Crippen LogP contribution in [-0.2, 0) is 28.6 Å². The summed E-state index contributed by atoms with van der Waals surface area (Å²) in [7, 11) is 0. The van der Waals surface area contributed by atoms with Gasteiger partial charge in [0.15, 0.2) is 0 Å². The molecule has 2 amide bonds. The van der Waals surface area contributed by atoms with Crippen molar-refractivity contribution in [1.82, 2.24) is 5.06 Å². The molecule has 8 nitrogen and oxygen atoms in total. The van der Waals surface area contributed by atoms with E-state index in [-0.39, 0.29) is 12.8 Å². The summed E-state index contributed by atoms with van der Waals surface area (Å²) in [5, 5.41) is 12.0. The van der Waals surface area contributed by atoms with Gasteiger partial charge in [0.05, 0.1) is 6.42 Å². The highest BCUT2D eigenvalue weighted by Crippen LogP contribution is 2.25. The van der Waals surface area contributed by atoms with Crippen LogP contribution in [0.15, 0.2) is 0 Å². The van der Waals surface area contributed by atoms with Crippen molar-refractivity contribution in [3.63, 3.8) is 0 Å². The molecule has 90 valence electrons. The minimum atomic E-state index is -0.939. The molecule has 1 heterocycles. The summed E-state index contributed by atoms with van der Waals surface area (Å²) in [6, 6.07) is 0. The van der Waals surface area contributed by atoms with E-state index in [0.29, 0.717) is 17.1 Å². The van der Waals surface area contributed by atoms with Crippen molar-refractivity contribution < 1.29 is 33.9 Å². The topological polar surface area (TPSA) is 105 Å². The van der Waals surface area contributed by atoms with Crippen LogP contribution in [0, 0.1) is 0 Å². The number of imide groups is 1. The van der Waals surface area contributed by atoms with E-state index in [2.05, 4.69) is 14.2 Å². The Hall–Kier alpha value is -1.16. The Kier molecular flexibility index (Phi) is 4.68. The molecule has 1 unspecified atom stereocenters. The number of hydrogen-bond donors (Lipinski definition) is 0. The van der Waals surface area contributed by atoms with Crippen molar-refractivity contribution in [3.05, 3.63) is 0 Å². The molecule has 0 aliphatic carbocycles. The Morgan fingerprint density at radius 3 is 2.88 bits per heavy atom. The highest BCUT2D eigenvalue weighted by atomic mass is 32.2. The van der Waals surface area contributed by atoms with Gasteiger partial charge in [-0.3, -0.25) is 14.6 Å². The first-order valence-electron chi connectivity index (χ1n) is 4.29. The maximum Gasteiger partial charge on any atom is 0.332 e. The first-order valence-corrected chi connectivity index (χ1v) is 5.10. The monoisotopic (exact) mass is 250 g/mol. The molecule has 0 radical (unpaired) electrons. The van der Waals surface area contributed by atoms with E-state index in [1.165, 1.54) is 6.92 Å². The third-order valence-electron chi connectivity index (χ3n) is 1.73. The van der Waals surface area contributed by atoms with Crippen molar-refractivity contribution in [2.75, 3.05) is 0 Å². The molecule has 1 fully saturated rings. The maximum atomic E-state index is 11.4. The maximum absolute atomic E-state index is 11.4. The smallest absolute Gasteiger partial charge is 0.332 e. The summed E-state index contributed by atoms with van der Waals surface area (Å²) in [5.74, 6) is -2.12. The van der Waals surface area contributed by atoms with Crippen LogP contribution in [0.3, 0.4) is 0 Å². The summed E-state index contributed by atoms with van der Waals surface area (Å²) < 4.78 is 3.94. The molecule has 9 heteroatoms. The SMILES string of the molecule is CCC(=O)ON1C(=O)CC(SOO[O-])C1=O. The number of rotatable bonds is 5. The van der Waals surface area contributed by atoms with E-state index in [1.807, 2.05) is 0 Å². The Labute approximate surface area is 94.4 Å². The summed E-state index contributed by atoms with van der Waals surface area (Å²) in [4.78, 5) is 38.1. The molecule has 0 bridgehead atoms. The number of hydroxylamine groups is 2. The molecule has 16 heavy (non-hydrogen) atoms. The zero-order valence-electron chi connectivity index (χ0n) is 8.20. The van der Waals surface area contributed by atoms with Gasteiger partial charge in [-0.1, -0.05) is 6.92 Å². The fourth-order valence-electron chi connectivity index (χ4n) is 0.983.